The molecule has 0 bridgehead atoms. The Labute approximate surface area is 106 Å². The third kappa shape index (κ3) is 2.32. The third-order valence-corrected chi connectivity index (χ3v) is 3.34. The van der Waals surface area contributed by atoms with E-state index in [0.717, 1.165) is 11.3 Å². The maximum absolute atomic E-state index is 10.7. The Morgan fingerprint density at radius 2 is 2.12 bits per heavy atom. The minimum Gasteiger partial charge on any atom is -0.297 e. The molecule has 1 heterocycles. The summed E-state index contributed by atoms with van der Waals surface area (Å²) in [5.74, 6) is 0. The largest absolute Gasteiger partial charge is 0.297 e. The predicted octanol–water partition coefficient (Wildman–Crippen LogP) is 3.69. The molecule has 0 aliphatic carbocycles. The topological polar surface area (TPSA) is 69.4 Å². The molecule has 0 amide bonds. The van der Waals surface area contributed by atoms with Gasteiger partial charge in [-0.25, -0.2) is 4.98 Å². The van der Waals surface area contributed by atoms with Crippen LogP contribution in [0.4, 0.5) is 10.8 Å². The molecular formula is C10H7ClN4OS. The van der Waals surface area contributed by atoms with Crippen molar-refractivity contribution in [1.82, 2.24) is 4.98 Å². The second kappa shape index (κ2) is 5.03. The van der Waals surface area contributed by atoms with Gasteiger partial charge in [0.25, 0.3) is 0 Å². The number of halogens is 1. The maximum atomic E-state index is 10.7. The van der Waals surface area contributed by atoms with Gasteiger partial charge in [-0.15, -0.1) is 0 Å². The molecule has 5 nitrogen and oxygen atoms in total. The average Bonchev–Trinajstić information content (AvgIpc) is 2.73. The van der Waals surface area contributed by atoms with E-state index >= 15 is 0 Å². The number of nitrogens with one attached hydrogen (secondary N) is 1. The number of nitrogens with zero attached hydrogens (tertiary/aromatic N) is 3. The van der Waals surface area contributed by atoms with Gasteiger partial charge in [-0.2, -0.15) is 10.5 Å². The number of carbonyl (C=O) groups excluding carboxylic acids is 1. The van der Waals surface area contributed by atoms with Crippen LogP contribution in [0.25, 0.3) is 0 Å². The molecule has 2 aromatic rings. The van der Waals surface area contributed by atoms with Crippen LogP contribution in [0.3, 0.4) is 0 Å². The summed E-state index contributed by atoms with van der Waals surface area (Å²) >= 11 is 6.86. The molecule has 0 radical (unpaired) electrons. The summed E-state index contributed by atoms with van der Waals surface area (Å²) in [5.41, 5.74) is 7.84. The lowest BCUT2D eigenvalue weighted by atomic mass is 10.3. The monoisotopic (exact) mass is 266 g/mol. The Morgan fingerprint density at radius 1 is 1.41 bits per heavy atom. The van der Waals surface area contributed by atoms with E-state index in [9.17, 15) is 4.79 Å². The summed E-state index contributed by atoms with van der Waals surface area (Å²) in [6, 6.07) is 9.08. The highest BCUT2D eigenvalue weighted by Crippen LogP contribution is 2.33. The Balaban J connectivity index is 2.42. The van der Waals surface area contributed by atoms with Crippen molar-refractivity contribution >= 4 is 40.0 Å². The van der Waals surface area contributed by atoms with Crippen LogP contribution < -0.4 is 5.01 Å². The maximum Gasteiger partial charge on any atom is 0.214 e. The molecule has 0 spiro atoms. The fourth-order valence-electron chi connectivity index (χ4n) is 1.25. The van der Waals surface area contributed by atoms with Crippen LogP contribution in [0, 0.1) is 5.53 Å². The van der Waals surface area contributed by atoms with E-state index in [1.54, 1.807) is 12.1 Å². The van der Waals surface area contributed by atoms with Crippen molar-refractivity contribution in [2.24, 2.45) is 5.22 Å². The number of hydrogen-bond donors (Lipinski definition) is 1. The van der Waals surface area contributed by atoms with Gasteiger partial charge in [0.1, 0.15) is 4.88 Å². The number of para-hydroxylation sites is 1. The lowest BCUT2D eigenvalue weighted by Crippen LogP contribution is -2.06. The van der Waals surface area contributed by atoms with E-state index in [1.165, 1.54) is 5.01 Å². The molecule has 0 saturated carbocycles. The predicted molar refractivity (Wildman–Crippen MR) is 66.2 cm³/mol. The molecule has 0 aliphatic rings. The minimum atomic E-state index is 0.129. The van der Waals surface area contributed by atoms with Gasteiger partial charge in [0.2, 0.25) is 5.13 Å². The van der Waals surface area contributed by atoms with Gasteiger partial charge in [0.15, 0.2) is 11.4 Å². The molecule has 0 fully saturated rings. The quantitative estimate of drug-likeness (QED) is 0.521. The van der Waals surface area contributed by atoms with Gasteiger partial charge in [0.05, 0.1) is 5.69 Å². The van der Waals surface area contributed by atoms with Crippen molar-refractivity contribution in [2.45, 2.75) is 0 Å². The fraction of sp³-hybridized carbons (Fsp3) is 0. The summed E-state index contributed by atoms with van der Waals surface area (Å²) in [4.78, 5) is 15.0. The first-order valence-corrected chi connectivity index (χ1v) is 5.79. The van der Waals surface area contributed by atoms with E-state index in [2.05, 4.69) is 10.2 Å². The highest BCUT2D eigenvalue weighted by Gasteiger charge is 2.16. The Hall–Kier alpha value is -1.79. The molecule has 2 rings (SSSR count). The first-order chi connectivity index (χ1) is 8.26. The van der Waals surface area contributed by atoms with E-state index in [-0.39, 0.29) is 5.15 Å². The Bertz CT molecular complexity index is 542. The lowest BCUT2D eigenvalue weighted by molar-refractivity contribution is 0.112. The number of rotatable bonds is 4. The number of benzene rings is 1. The number of aldehydes is 1. The fourth-order valence-corrected chi connectivity index (χ4v) is 2.28. The number of hydrogen-bond acceptors (Lipinski definition) is 5. The highest BCUT2D eigenvalue weighted by molar-refractivity contribution is 7.17. The Kier molecular flexibility index (Phi) is 3.46. The zero-order valence-electron chi connectivity index (χ0n) is 8.50. The lowest BCUT2D eigenvalue weighted by Gasteiger charge is -2.12. The van der Waals surface area contributed by atoms with Crippen LogP contribution in [-0.2, 0) is 0 Å². The van der Waals surface area contributed by atoms with Gasteiger partial charge in [-0.1, -0.05) is 46.4 Å². The summed E-state index contributed by atoms with van der Waals surface area (Å²) < 4.78 is 0. The smallest absolute Gasteiger partial charge is 0.214 e. The van der Waals surface area contributed by atoms with Gasteiger partial charge >= 0.3 is 0 Å². The van der Waals surface area contributed by atoms with E-state index in [0.29, 0.717) is 22.0 Å². The van der Waals surface area contributed by atoms with Crippen LogP contribution in [0.15, 0.2) is 35.6 Å². The van der Waals surface area contributed by atoms with Gasteiger partial charge < -0.3 is 0 Å². The van der Waals surface area contributed by atoms with E-state index in [1.807, 2.05) is 18.2 Å². The van der Waals surface area contributed by atoms with Crippen molar-refractivity contribution < 1.29 is 4.79 Å². The van der Waals surface area contributed by atoms with Crippen LogP contribution in [0.5, 0.6) is 0 Å². The first kappa shape index (κ1) is 11.7. The van der Waals surface area contributed by atoms with Gasteiger partial charge in [0, 0.05) is 0 Å². The summed E-state index contributed by atoms with van der Waals surface area (Å²) in [5, 5.41) is 5.20. The van der Waals surface area contributed by atoms with Gasteiger partial charge in [-0.3, -0.25) is 4.79 Å². The van der Waals surface area contributed by atoms with Crippen molar-refractivity contribution in [3.05, 3.63) is 40.4 Å². The van der Waals surface area contributed by atoms with Crippen LogP contribution in [0.1, 0.15) is 9.67 Å². The second-order valence-corrected chi connectivity index (χ2v) is 4.38. The molecule has 1 aromatic carbocycles. The zero-order valence-corrected chi connectivity index (χ0v) is 10.1. The van der Waals surface area contributed by atoms with Crippen molar-refractivity contribution in [2.75, 3.05) is 5.01 Å². The van der Waals surface area contributed by atoms with Crippen LogP contribution in [0.2, 0.25) is 5.15 Å². The molecule has 17 heavy (non-hydrogen) atoms. The number of aromatic nitrogens is 1. The summed E-state index contributed by atoms with van der Waals surface area (Å²) in [6.45, 7) is 0. The molecule has 1 N–H and O–H groups in total. The Morgan fingerprint density at radius 3 is 2.65 bits per heavy atom. The summed E-state index contributed by atoms with van der Waals surface area (Å²) in [6.07, 6.45) is 0.636. The zero-order chi connectivity index (χ0) is 12.3. The van der Waals surface area contributed by atoms with Gasteiger partial charge in [-0.05, 0) is 12.1 Å². The average molecular weight is 267 g/mol. The molecule has 0 unspecified atom stereocenters. The van der Waals surface area contributed by atoms with Crippen LogP contribution in [-0.4, -0.2) is 11.3 Å². The third-order valence-electron chi connectivity index (χ3n) is 1.99. The van der Waals surface area contributed by atoms with E-state index in [4.69, 9.17) is 17.1 Å². The molecular weight excluding hydrogens is 260 g/mol. The second-order valence-electron chi connectivity index (χ2n) is 3.02. The van der Waals surface area contributed by atoms with Crippen molar-refractivity contribution in [3.8, 4) is 0 Å². The molecule has 0 atom stereocenters. The van der Waals surface area contributed by atoms with Crippen molar-refractivity contribution in [1.29, 1.82) is 5.53 Å². The van der Waals surface area contributed by atoms with Crippen LogP contribution >= 0.6 is 22.9 Å². The number of thiazole rings is 1. The molecule has 0 aliphatic heterocycles. The number of anilines is 2. The minimum absolute atomic E-state index is 0.129. The highest BCUT2D eigenvalue weighted by atomic mass is 35.5. The van der Waals surface area contributed by atoms with Crippen molar-refractivity contribution in [3.63, 3.8) is 0 Å². The molecule has 7 heteroatoms. The van der Waals surface area contributed by atoms with E-state index < -0.39 is 0 Å². The summed E-state index contributed by atoms with van der Waals surface area (Å²) in [7, 11) is 0. The normalized spacial score (nSPS) is 9.94. The number of carbonyl (C=O) groups is 1. The molecule has 0 saturated heterocycles. The standard InChI is InChI=1S/C10H7ClN4OS/c11-9-8(6-16)17-10(13-9)15(14-12)7-4-2-1-3-5-7/h1-6,12H. The first-order valence-electron chi connectivity index (χ1n) is 4.60. The molecule has 1 aromatic heterocycles. The molecule has 86 valence electrons. The SMILES string of the molecule is N=NN(c1ccccc1)c1nc(Cl)c(C=O)s1.